The van der Waals surface area contributed by atoms with E-state index < -0.39 is 17.9 Å². The van der Waals surface area contributed by atoms with Crippen molar-refractivity contribution in [2.24, 2.45) is 0 Å². The number of rotatable bonds is 7. The molecule has 0 radical (unpaired) electrons. The average molecular weight is 579 g/mol. The maximum Gasteiger partial charge on any atom is 0.573 e. The number of alkyl halides is 3. The van der Waals surface area contributed by atoms with Crippen molar-refractivity contribution >= 4 is 29.2 Å². The van der Waals surface area contributed by atoms with Crippen LogP contribution in [0.5, 0.6) is 11.6 Å². The molecule has 204 valence electrons. The van der Waals surface area contributed by atoms with Gasteiger partial charge in [-0.25, -0.2) is 9.48 Å². The van der Waals surface area contributed by atoms with Crippen LogP contribution in [-0.2, 0) is 11.3 Å². The van der Waals surface area contributed by atoms with Gasteiger partial charge in [0.15, 0.2) is 0 Å². The lowest BCUT2D eigenvalue weighted by atomic mass is 10.1. The van der Waals surface area contributed by atoms with E-state index in [9.17, 15) is 18.0 Å². The summed E-state index contributed by atoms with van der Waals surface area (Å²) in [7, 11) is 0. The maximum atomic E-state index is 12.6. The second-order valence-electron chi connectivity index (χ2n) is 9.48. The molecule has 6 nitrogen and oxygen atoms in total. The maximum absolute atomic E-state index is 12.6. The lowest BCUT2D eigenvalue weighted by molar-refractivity contribution is -0.274. The summed E-state index contributed by atoms with van der Waals surface area (Å²) < 4.78 is 54.6. The first-order valence-electron chi connectivity index (χ1n) is 11.6. The minimum absolute atomic E-state index is 0.101. The molecule has 0 aliphatic carbocycles. The Morgan fingerprint density at radius 3 is 2.10 bits per heavy atom. The number of carbonyl (C=O) groups excluding carboxylic acids is 1. The van der Waals surface area contributed by atoms with E-state index in [1.54, 1.807) is 69.4 Å². The molecule has 0 unspecified atom stereocenters. The lowest BCUT2D eigenvalue weighted by Gasteiger charge is -2.19. The molecule has 0 saturated carbocycles. The molecule has 0 spiro atoms. The number of benzene rings is 3. The predicted molar refractivity (Wildman–Crippen MR) is 142 cm³/mol. The molecule has 0 amide bonds. The van der Waals surface area contributed by atoms with Crippen molar-refractivity contribution in [2.75, 3.05) is 0 Å². The zero-order valence-electron chi connectivity index (χ0n) is 21.1. The van der Waals surface area contributed by atoms with Gasteiger partial charge in [-0.3, -0.25) is 0 Å². The minimum Gasteiger partial charge on any atom is -0.471 e. The summed E-state index contributed by atoms with van der Waals surface area (Å²) in [4.78, 5) is 12.3. The highest BCUT2D eigenvalue weighted by Gasteiger charge is 2.31. The van der Waals surface area contributed by atoms with Crippen molar-refractivity contribution in [3.05, 3.63) is 94.1 Å². The summed E-state index contributed by atoms with van der Waals surface area (Å²) in [5.41, 5.74) is 2.15. The van der Waals surface area contributed by atoms with E-state index in [-0.39, 0.29) is 18.2 Å². The van der Waals surface area contributed by atoms with E-state index in [0.29, 0.717) is 32.4 Å². The number of hydrogen-bond acceptors (Lipinski definition) is 5. The number of ether oxygens (including phenoxy) is 3. The van der Waals surface area contributed by atoms with Crippen LogP contribution < -0.4 is 9.47 Å². The topological polar surface area (TPSA) is 62.6 Å². The third kappa shape index (κ3) is 7.91. The number of carbonyl (C=O) groups is 1. The molecule has 0 aliphatic rings. The molecule has 0 saturated heterocycles. The zero-order chi connectivity index (χ0) is 28.4. The molecule has 4 aromatic rings. The van der Waals surface area contributed by atoms with Gasteiger partial charge in [0.1, 0.15) is 18.0 Å². The fraction of sp³-hybridized carbons (Fsp3) is 0.214. The summed E-state index contributed by atoms with van der Waals surface area (Å²) in [6.45, 7) is 5.47. The van der Waals surface area contributed by atoms with Crippen LogP contribution in [0.2, 0.25) is 10.0 Å². The molecule has 4 rings (SSSR count). The first-order valence-corrected chi connectivity index (χ1v) is 12.4. The Bertz CT molecular complexity index is 1440. The minimum atomic E-state index is -4.80. The third-order valence-electron chi connectivity index (χ3n) is 5.16. The fourth-order valence-electron chi connectivity index (χ4n) is 3.53. The van der Waals surface area contributed by atoms with Gasteiger partial charge in [-0.05, 0) is 74.4 Å². The Labute approximate surface area is 232 Å². The summed E-state index contributed by atoms with van der Waals surface area (Å²) in [5.74, 6) is -0.575. The molecule has 0 bridgehead atoms. The normalized spacial score (nSPS) is 11.8. The number of aromatic nitrogens is 2. The Hall–Kier alpha value is -3.69. The van der Waals surface area contributed by atoms with Crippen LogP contribution in [0.4, 0.5) is 13.2 Å². The second-order valence-corrected chi connectivity index (χ2v) is 10.4. The number of esters is 1. The summed E-state index contributed by atoms with van der Waals surface area (Å²) >= 11 is 12.3. The van der Waals surface area contributed by atoms with Crippen LogP contribution >= 0.6 is 23.2 Å². The zero-order valence-corrected chi connectivity index (χ0v) is 22.6. The van der Waals surface area contributed by atoms with Crippen LogP contribution in [0, 0.1) is 0 Å². The van der Waals surface area contributed by atoms with Crippen molar-refractivity contribution in [2.45, 2.75) is 39.3 Å². The Morgan fingerprint density at radius 2 is 1.54 bits per heavy atom. The smallest absolute Gasteiger partial charge is 0.471 e. The van der Waals surface area contributed by atoms with Gasteiger partial charge in [0, 0.05) is 16.2 Å². The number of halogens is 5. The molecule has 0 atom stereocenters. The van der Waals surface area contributed by atoms with Crippen LogP contribution in [0.15, 0.2) is 72.9 Å². The van der Waals surface area contributed by atoms with Crippen molar-refractivity contribution in [1.82, 2.24) is 9.78 Å². The SMILES string of the molecule is CC(C)(C)OC(=O)c1ccc(COc2nn(-c3cc(Cl)cc(Cl)c3)cc2-c2ccc(OC(F)(F)F)cc2)cc1. The molecule has 0 fully saturated rings. The van der Waals surface area contributed by atoms with Gasteiger partial charge in [0.05, 0.1) is 16.8 Å². The highest BCUT2D eigenvalue weighted by molar-refractivity contribution is 6.34. The molecule has 1 heterocycles. The molecule has 1 aromatic heterocycles. The summed E-state index contributed by atoms with van der Waals surface area (Å²) in [6, 6.07) is 17.0. The second kappa shape index (κ2) is 11.2. The van der Waals surface area contributed by atoms with Gasteiger partial charge >= 0.3 is 12.3 Å². The van der Waals surface area contributed by atoms with Gasteiger partial charge in [-0.15, -0.1) is 18.3 Å². The lowest BCUT2D eigenvalue weighted by Crippen LogP contribution is -2.23. The average Bonchev–Trinajstić information content (AvgIpc) is 3.25. The number of nitrogens with zero attached hydrogens (tertiary/aromatic N) is 2. The molecule has 11 heteroatoms. The van der Waals surface area contributed by atoms with Crippen LogP contribution in [0.1, 0.15) is 36.7 Å². The van der Waals surface area contributed by atoms with Crippen LogP contribution in [-0.4, -0.2) is 27.7 Å². The van der Waals surface area contributed by atoms with Crippen molar-refractivity contribution < 1.29 is 32.2 Å². The van der Waals surface area contributed by atoms with E-state index in [0.717, 1.165) is 5.56 Å². The quantitative estimate of drug-likeness (QED) is 0.206. The van der Waals surface area contributed by atoms with Gasteiger partial charge in [0.25, 0.3) is 0 Å². The summed E-state index contributed by atoms with van der Waals surface area (Å²) in [5, 5.41) is 5.31. The van der Waals surface area contributed by atoms with Gasteiger partial charge < -0.3 is 14.2 Å². The Morgan fingerprint density at radius 1 is 0.923 bits per heavy atom. The standard InChI is InChI=1S/C28H23Cl2F3N2O4/c1-27(2,3)39-26(36)19-6-4-17(5-7-19)16-37-25-24(18-8-10-23(11-9-18)38-28(31,32)33)15-35(34-25)22-13-20(29)12-21(30)14-22/h4-15H,16H2,1-3H3. The van der Waals surface area contributed by atoms with Gasteiger partial charge in [-0.1, -0.05) is 47.5 Å². The first kappa shape index (κ1) is 28.3. The van der Waals surface area contributed by atoms with Gasteiger partial charge in [0.2, 0.25) is 5.88 Å². The molecule has 0 N–H and O–H groups in total. The fourth-order valence-corrected chi connectivity index (χ4v) is 4.04. The third-order valence-corrected chi connectivity index (χ3v) is 5.59. The molecule has 0 aliphatic heterocycles. The van der Waals surface area contributed by atoms with Crippen molar-refractivity contribution in [3.8, 4) is 28.4 Å². The highest BCUT2D eigenvalue weighted by Crippen LogP contribution is 2.34. The molecular weight excluding hydrogens is 556 g/mol. The molecule has 39 heavy (non-hydrogen) atoms. The Kier molecular flexibility index (Phi) is 8.13. The van der Waals surface area contributed by atoms with E-state index in [2.05, 4.69) is 9.84 Å². The monoisotopic (exact) mass is 578 g/mol. The van der Waals surface area contributed by atoms with E-state index in [4.69, 9.17) is 32.7 Å². The van der Waals surface area contributed by atoms with E-state index in [1.165, 1.54) is 28.9 Å². The molecule has 3 aromatic carbocycles. The van der Waals surface area contributed by atoms with Crippen LogP contribution in [0.3, 0.4) is 0 Å². The van der Waals surface area contributed by atoms with Crippen molar-refractivity contribution in [3.63, 3.8) is 0 Å². The first-order chi connectivity index (χ1) is 18.3. The van der Waals surface area contributed by atoms with Crippen molar-refractivity contribution in [1.29, 1.82) is 0 Å². The summed E-state index contributed by atoms with van der Waals surface area (Å²) in [6.07, 6.45) is -3.14. The predicted octanol–water partition coefficient (Wildman–Crippen LogP) is 8.28. The Balaban J connectivity index is 1.60. The van der Waals surface area contributed by atoms with E-state index >= 15 is 0 Å². The largest absolute Gasteiger partial charge is 0.573 e. The van der Waals surface area contributed by atoms with Gasteiger partial charge in [-0.2, -0.15) is 0 Å². The number of hydrogen-bond donors (Lipinski definition) is 0. The van der Waals surface area contributed by atoms with E-state index in [1.807, 2.05) is 0 Å². The molecular formula is C28H23Cl2F3N2O4. The van der Waals surface area contributed by atoms with Crippen LogP contribution in [0.25, 0.3) is 16.8 Å². The highest BCUT2D eigenvalue weighted by atomic mass is 35.5.